The second kappa shape index (κ2) is 4.94. The van der Waals surface area contributed by atoms with Gasteiger partial charge in [-0.1, -0.05) is 0 Å². The van der Waals surface area contributed by atoms with E-state index >= 15 is 0 Å². The number of urea groups is 1. The Morgan fingerprint density at radius 2 is 1.94 bits per heavy atom. The zero-order valence-electron chi connectivity index (χ0n) is 11.1. The van der Waals surface area contributed by atoms with Crippen LogP contribution in [0, 0.1) is 11.3 Å². The number of carbonyl (C=O) groups excluding carboxylic acids is 1. The van der Waals surface area contributed by atoms with Crippen molar-refractivity contribution < 1.29 is 14.7 Å². The lowest BCUT2D eigenvalue weighted by Crippen LogP contribution is -2.49. The van der Waals surface area contributed by atoms with Crippen molar-refractivity contribution >= 4 is 12.0 Å². The highest BCUT2D eigenvalue weighted by molar-refractivity contribution is 5.75. The quantitative estimate of drug-likeness (QED) is 0.798. The Kier molecular flexibility index (Phi) is 4.01. The van der Waals surface area contributed by atoms with Gasteiger partial charge in [-0.2, -0.15) is 0 Å². The Labute approximate surface area is 102 Å². The smallest absolute Gasteiger partial charge is 0.319 e. The Morgan fingerprint density at radius 1 is 1.35 bits per heavy atom. The van der Waals surface area contributed by atoms with Gasteiger partial charge in [-0.3, -0.25) is 4.79 Å². The molecule has 1 unspecified atom stereocenters. The first-order valence-corrected chi connectivity index (χ1v) is 5.96. The SMILES string of the molecule is CN(C)C(=O)N1CCCC(C(C)(C)C(=O)O)C1. The molecule has 17 heavy (non-hydrogen) atoms. The van der Waals surface area contributed by atoms with E-state index in [0.29, 0.717) is 6.54 Å². The maximum Gasteiger partial charge on any atom is 0.319 e. The molecular weight excluding hydrogens is 220 g/mol. The van der Waals surface area contributed by atoms with Crippen LogP contribution in [-0.4, -0.2) is 54.1 Å². The number of carboxylic acid groups (broad SMARTS) is 1. The number of carboxylic acids is 1. The summed E-state index contributed by atoms with van der Waals surface area (Å²) in [6.07, 6.45) is 1.75. The van der Waals surface area contributed by atoms with Crippen molar-refractivity contribution in [3.8, 4) is 0 Å². The van der Waals surface area contributed by atoms with Crippen LogP contribution in [0.25, 0.3) is 0 Å². The molecular formula is C12H22N2O3. The predicted octanol–water partition coefficient (Wildman–Crippen LogP) is 1.49. The first-order valence-electron chi connectivity index (χ1n) is 5.96. The normalized spacial score (nSPS) is 21.2. The maximum atomic E-state index is 11.8. The second-order valence-electron chi connectivity index (χ2n) is 5.49. The van der Waals surface area contributed by atoms with Gasteiger partial charge in [0.15, 0.2) is 0 Å². The number of nitrogens with zero attached hydrogens (tertiary/aromatic N) is 2. The number of rotatable bonds is 2. The minimum atomic E-state index is -0.790. The Hall–Kier alpha value is -1.26. The van der Waals surface area contributed by atoms with Crippen molar-refractivity contribution in [2.75, 3.05) is 27.2 Å². The molecule has 0 bridgehead atoms. The molecule has 0 saturated carbocycles. The molecule has 2 amide bonds. The highest BCUT2D eigenvalue weighted by atomic mass is 16.4. The number of likely N-dealkylation sites (tertiary alicyclic amines) is 1. The fourth-order valence-electron chi connectivity index (χ4n) is 2.20. The Bertz CT molecular complexity index is 313. The molecule has 0 spiro atoms. The predicted molar refractivity (Wildman–Crippen MR) is 64.8 cm³/mol. The van der Waals surface area contributed by atoms with Crippen LogP contribution in [0.3, 0.4) is 0 Å². The van der Waals surface area contributed by atoms with Crippen LogP contribution >= 0.6 is 0 Å². The summed E-state index contributed by atoms with van der Waals surface area (Å²) in [7, 11) is 3.43. The van der Waals surface area contributed by atoms with Gasteiger partial charge in [-0.25, -0.2) is 4.79 Å². The fraction of sp³-hybridized carbons (Fsp3) is 0.833. The van der Waals surface area contributed by atoms with Crippen LogP contribution in [0.2, 0.25) is 0 Å². The summed E-state index contributed by atoms with van der Waals surface area (Å²) in [5, 5.41) is 9.21. The van der Waals surface area contributed by atoms with Crippen LogP contribution in [0.1, 0.15) is 26.7 Å². The van der Waals surface area contributed by atoms with Gasteiger partial charge in [0, 0.05) is 27.2 Å². The van der Waals surface area contributed by atoms with E-state index in [1.165, 1.54) is 4.90 Å². The lowest BCUT2D eigenvalue weighted by Gasteiger charge is -2.40. The highest BCUT2D eigenvalue weighted by Gasteiger charge is 2.40. The van der Waals surface area contributed by atoms with E-state index in [1.54, 1.807) is 32.8 Å². The second-order valence-corrected chi connectivity index (χ2v) is 5.49. The van der Waals surface area contributed by atoms with Crippen LogP contribution < -0.4 is 0 Å². The number of carbonyl (C=O) groups is 2. The van der Waals surface area contributed by atoms with Crippen molar-refractivity contribution in [3.63, 3.8) is 0 Å². The number of aliphatic carboxylic acids is 1. The molecule has 1 aliphatic rings. The van der Waals surface area contributed by atoms with Crippen LogP contribution in [0.5, 0.6) is 0 Å². The van der Waals surface area contributed by atoms with Crippen LogP contribution in [0.4, 0.5) is 4.79 Å². The van der Waals surface area contributed by atoms with E-state index < -0.39 is 11.4 Å². The van der Waals surface area contributed by atoms with Crippen LogP contribution in [-0.2, 0) is 4.79 Å². The Balaban J connectivity index is 2.73. The summed E-state index contributed by atoms with van der Waals surface area (Å²) < 4.78 is 0. The van der Waals surface area contributed by atoms with Gasteiger partial charge < -0.3 is 14.9 Å². The first kappa shape index (κ1) is 13.8. The molecule has 1 atom stereocenters. The fourth-order valence-corrected chi connectivity index (χ4v) is 2.20. The number of piperidine rings is 1. The largest absolute Gasteiger partial charge is 0.481 e. The zero-order chi connectivity index (χ0) is 13.2. The molecule has 1 N–H and O–H groups in total. The van der Waals surface area contributed by atoms with Gasteiger partial charge in [0.25, 0.3) is 0 Å². The third-order valence-electron chi connectivity index (χ3n) is 3.65. The van der Waals surface area contributed by atoms with Gasteiger partial charge in [0.05, 0.1) is 5.41 Å². The van der Waals surface area contributed by atoms with E-state index in [1.807, 2.05) is 0 Å². The third-order valence-corrected chi connectivity index (χ3v) is 3.65. The first-order chi connectivity index (χ1) is 7.76. The van der Waals surface area contributed by atoms with Crippen molar-refractivity contribution in [2.45, 2.75) is 26.7 Å². The average Bonchev–Trinajstić information content (AvgIpc) is 2.27. The molecule has 98 valence electrons. The average molecular weight is 242 g/mol. The minimum absolute atomic E-state index is 0.0256. The molecule has 1 saturated heterocycles. The molecule has 1 heterocycles. The van der Waals surface area contributed by atoms with Crippen molar-refractivity contribution in [1.82, 2.24) is 9.80 Å². The lowest BCUT2D eigenvalue weighted by atomic mass is 9.74. The lowest BCUT2D eigenvalue weighted by molar-refractivity contribution is -0.151. The number of amides is 2. The van der Waals surface area contributed by atoms with Crippen molar-refractivity contribution in [3.05, 3.63) is 0 Å². The van der Waals surface area contributed by atoms with E-state index in [2.05, 4.69) is 0 Å². The summed E-state index contributed by atoms with van der Waals surface area (Å²) >= 11 is 0. The molecule has 1 fully saturated rings. The molecule has 1 rings (SSSR count). The monoisotopic (exact) mass is 242 g/mol. The third kappa shape index (κ3) is 2.90. The van der Waals surface area contributed by atoms with Crippen molar-refractivity contribution in [2.24, 2.45) is 11.3 Å². The van der Waals surface area contributed by atoms with E-state index in [0.717, 1.165) is 19.4 Å². The van der Waals surface area contributed by atoms with Gasteiger partial charge in [0.1, 0.15) is 0 Å². The summed E-state index contributed by atoms with van der Waals surface area (Å²) in [5.41, 5.74) is -0.773. The minimum Gasteiger partial charge on any atom is -0.481 e. The van der Waals surface area contributed by atoms with E-state index in [-0.39, 0.29) is 11.9 Å². The van der Waals surface area contributed by atoms with Crippen molar-refractivity contribution in [1.29, 1.82) is 0 Å². The molecule has 0 radical (unpaired) electrons. The number of hydrogen-bond acceptors (Lipinski definition) is 2. The molecule has 0 aromatic rings. The molecule has 0 aromatic heterocycles. The molecule has 0 aliphatic carbocycles. The summed E-state index contributed by atoms with van der Waals surface area (Å²) in [6, 6.07) is -0.0316. The van der Waals surface area contributed by atoms with Gasteiger partial charge >= 0.3 is 12.0 Å². The van der Waals surface area contributed by atoms with E-state index in [4.69, 9.17) is 0 Å². The number of hydrogen-bond donors (Lipinski definition) is 1. The molecule has 5 heteroatoms. The summed E-state index contributed by atoms with van der Waals surface area (Å²) in [4.78, 5) is 26.3. The topological polar surface area (TPSA) is 60.9 Å². The van der Waals surface area contributed by atoms with Gasteiger partial charge in [0.2, 0.25) is 0 Å². The highest BCUT2D eigenvalue weighted by Crippen LogP contribution is 2.34. The summed E-state index contributed by atoms with van der Waals surface area (Å²) in [5.74, 6) is -0.765. The van der Waals surface area contributed by atoms with Gasteiger partial charge in [-0.05, 0) is 32.6 Å². The molecule has 1 aliphatic heterocycles. The summed E-state index contributed by atoms with van der Waals surface area (Å²) in [6.45, 7) is 4.74. The zero-order valence-corrected chi connectivity index (χ0v) is 11.1. The van der Waals surface area contributed by atoms with Crippen LogP contribution in [0.15, 0.2) is 0 Å². The van der Waals surface area contributed by atoms with Gasteiger partial charge in [-0.15, -0.1) is 0 Å². The maximum absolute atomic E-state index is 11.8. The van der Waals surface area contributed by atoms with E-state index in [9.17, 15) is 14.7 Å². The standard InChI is InChI=1S/C12H22N2O3/c1-12(2,10(15)16)9-6-5-7-14(8-9)11(17)13(3)4/h9H,5-8H2,1-4H3,(H,15,16). The molecule has 5 nitrogen and oxygen atoms in total. The Morgan fingerprint density at radius 3 is 2.41 bits per heavy atom. The molecule has 0 aromatic carbocycles.